The lowest BCUT2D eigenvalue weighted by atomic mass is 10.1. The molecule has 5 nitrogen and oxygen atoms in total. The van der Waals surface area contributed by atoms with Gasteiger partial charge in [-0.15, -0.1) is 0 Å². The highest BCUT2D eigenvalue weighted by atomic mass is 16.6. The second kappa shape index (κ2) is 4.77. The summed E-state index contributed by atoms with van der Waals surface area (Å²) in [6, 6.07) is 7.67. The van der Waals surface area contributed by atoms with Gasteiger partial charge in [-0.2, -0.15) is 5.10 Å². The molecule has 0 unspecified atom stereocenters. The minimum atomic E-state index is -0.440. The maximum atomic E-state index is 11.8. The van der Waals surface area contributed by atoms with Crippen LogP contribution in [0.5, 0.6) is 0 Å². The lowest BCUT2D eigenvalue weighted by molar-refractivity contribution is -0.129. The molecule has 0 atom stereocenters. The molecule has 0 amide bonds. The number of carbonyl (C=O) groups is 1. The lowest BCUT2D eigenvalue weighted by Crippen LogP contribution is -2.05. The molecule has 0 bridgehead atoms. The molecule has 0 saturated heterocycles. The molecule has 0 aliphatic carbocycles. The first-order valence-corrected chi connectivity index (χ1v) is 6.20. The van der Waals surface area contributed by atoms with Crippen LogP contribution < -0.4 is 0 Å². The van der Waals surface area contributed by atoms with Crippen molar-refractivity contribution in [1.82, 2.24) is 9.78 Å². The van der Waals surface area contributed by atoms with Crippen LogP contribution >= 0.6 is 0 Å². The van der Waals surface area contributed by atoms with Crippen LogP contribution in [0.15, 0.2) is 47.3 Å². The molecular formula is C15H13N3O2. The minimum Gasteiger partial charge on any atom is -0.402 e. The van der Waals surface area contributed by atoms with Gasteiger partial charge in [0.05, 0.1) is 6.20 Å². The minimum absolute atomic E-state index is 0.286. The summed E-state index contributed by atoms with van der Waals surface area (Å²) in [4.78, 5) is 16.0. The molecule has 1 aliphatic rings. The highest BCUT2D eigenvalue weighted by molar-refractivity contribution is 6.12. The van der Waals surface area contributed by atoms with E-state index in [0.717, 1.165) is 16.7 Å². The third kappa shape index (κ3) is 2.38. The van der Waals surface area contributed by atoms with Crippen LogP contribution in [0.4, 0.5) is 0 Å². The van der Waals surface area contributed by atoms with Gasteiger partial charge in [-0.25, -0.2) is 9.79 Å². The monoisotopic (exact) mass is 267 g/mol. The molecule has 2 heterocycles. The second-order valence-electron chi connectivity index (χ2n) is 4.65. The summed E-state index contributed by atoms with van der Waals surface area (Å²) in [5, 5.41) is 4.04. The van der Waals surface area contributed by atoms with Crippen molar-refractivity contribution < 1.29 is 9.53 Å². The molecule has 3 rings (SSSR count). The number of hydrogen-bond acceptors (Lipinski definition) is 4. The zero-order valence-electron chi connectivity index (χ0n) is 11.2. The van der Waals surface area contributed by atoms with Crippen molar-refractivity contribution in [3.05, 3.63) is 59.0 Å². The molecule has 0 fully saturated rings. The van der Waals surface area contributed by atoms with Crippen molar-refractivity contribution in [1.29, 1.82) is 0 Å². The maximum absolute atomic E-state index is 11.8. The Hall–Kier alpha value is -2.69. The number of aromatic nitrogens is 2. The Morgan fingerprint density at radius 3 is 2.65 bits per heavy atom. The third-order valence-electron chi connectivity index (χ3n) is 2.95. The predicted molar refractivity (Wildman–Crippen MR) is 75.0 cm³/mol. The molecule has 0 spiro atoms. The molecule has 0 radical (unpaired) electrons. The largest absolute Gasteiger partial charge is 0.402 e. The Bertz CT molecular complexity index is 724. The smallest absolute Gasteiger partial charge is 0.363 e. The van der Waals surface area contributed by atoms with E-state index in [1.54, 1.807) is 23.2 Å². The fourth-order valence-corrected chi connectivity index (χ4v) is 1.90. The van der Waals surface area contributed by atoms with Crippen LogP contribution in [0.2, 0.25) is 0 Å². The number of ether oxygens (including phenoxy) is 1. The molecule has 2 aromatic rings. The van der Waals surface area contributed by atoms with Gasteiger partial charge in [0, 0.05) is 24.4 Å². The van der Waals surface area contributed by atoms with E-state index in [2.05, 4.69) is 10.1 Å². The Morgan fingerprint density at radius 2 is 2.00 bits per heavy atom. The van der Waals surface area contributed by atoms with Crippen molar-refractivity contribution in [3.63, 3.8) is 0 Å². The molecule has 1 aliphatic heterocycles. The van der Waals surface area contributed by atoms with E-state index in [1.165, 1.54) is 0 Å². The van der Waals surface area contributed by atoms with Crippen molar-refractivity contribution in [2.24, 2.45) is 12.0 Å². The van der Waals surface area contributed by atoms with E-state index < -0.39 is 5.97 Å². The second-order valence-corrected chi connectivity index (χ2v) is 4.65. The number of rotatable bonds is 2. The summed E-state index contributed by atoms with van der Waals surface area (Å²) in [7, 11) is 1.82. The summed E-state index contributed by atoms with van der Waals surface area (Å²) in [6.07, 6.45) is 5.13. The third-order valence-corrected chi connectivity index (χ3v) is 2.95. The quantitative estimate of drug-likeness (QED) is 0.618. The number of carbonyl (C=O) groups excluding carboxylic acids is 1. The molecule has 0 N–H and O–H groups in total. The number of cyclic esters (lactones) is 1. The summed E-state index contributed by atoms with van der Waals surface area (Å²) in [6.45, 7) is 2.00. The normalized spacial score (nSPS) is 16.4. The van der Waals surface area contributed by atoms with Crippen LogP contribution in [-0.4, -0.2) is 21.6 Å². The number of hydrogen-bond donors (Lipinski definition) is 0. The number of nitrogens with zero attached hydrogens (tertiary/aromatic N) is 3. The predicted octanol–water partition coefficient (Wildman–Crippen LogP) is 2.07. The van der Waals surface area contributed by atoms with Gasteiger partial charge in [0.1, 0.15) is 0 Å². The zero-order chi connectivity index (χ0) is 14.1. The highest BCUT2D eigenvalue weighted by Gasteiger charge is 2.24. The van der Waals surface area contributed by atoms with E-state index in [9.17, 15) is 4.79 Å². The Morgan fingerprint density at radius 1 is 1.25 bits per heavy atom. The Labute approximate surface area is 116 Å². The molecule has 1 aromatic heterocycles. The summed E-state index contributed by atoms with van der Waals surface area (Å²) in [5.41, 5.74) is 3.03. The van der Waals surface area contributed by atoms with E-state index in [4.69, 9.17) is 4.74 Å². The van der Waals surface area contributed by atoms with Crippen molar-refractivity contribution in [2.75, 3.05) is 0 Å². The first-order chi connectivity index (χ1) is 9.61. The number of benzene rings is 1. The lowest BCUT2D eigenvalue weighted by Gasteiger charge is -1.99. The summed E-state index contributed by atoms with van der Waals surface area (Å²) >= 11 is 0. The van der Waals surface area contributed by atoms with Crippen molar-refractivity contribution >= 4 is 17.9 Å². The van der Waals surface area contributed by atoms with E-state index in [-0.39, 0.29) is 5.70 Å². The van der Waals surface area contributed by atoms with Gasteiger partial charge < -0.3 is 4.74 Å². The molecule has 0 saturated carbocycles. The Balaban J connectivity index is 1.92. The van der Waals surface area contributed by atoms with Gasteiger partial charge in [-0.05, 0) is 25.1 Å². The van der Waals surface area contributed by atoms with Gasteiger partial charge in [0.25, 0.3) is 0 Å². The number of esters is 1. The number of aliphatic imine (C=N–C) groups is 1. The standard InChI is InChI=1S/C15H13N3O2/c1-10-3-5-12(6-4-10)14-17-13(15(19)20-14)7-11-8-16-18(2)9-11/h3-9H,1-2H3/b13-7+. The van der Waals surface area contributed by atoms with Crippen LogP contribution in [0.25, 0.3) is 6.08 Å². The summed E-state index contributed by atoms with van der Waals surface area (Å²) in [5.74, 6) is -0.102. The molecule has 100 valence electrons. The summed E-state index contributed by atoms with van der Waals surface area (Å²) < 4.78 is 6.86. The Kier molecular flexibility index (Phi) is 2.95. The van der Waals surface area contributed by atoms with Gasteiger partial charge in [-0.1, -0.05) is 17.7 Å². The average molecular weight is 267 g/mol. The van der Waals surface area contributed by atoms with E-state index in [0.29, 0.717) is 5.90 Å². The van der Waals surface area contributed by atoms with Gasteiger partial charge in [0.15, 0.2) is 5.70 Å². The van der Waals surface area contributed by atoms with Crippen LogP contribution in [0, 0.1) is 6.92 Å². The highest BCUT2D eigenvalue weighted by Crippen LogP contribution is 2.19. The van der Waals surface area contributed by atoms with E-state index in [1.807, 2.05) is 38.2 Å². The molecular weight excluding hydrogens is 254 g/mol. The first kappa shape index (κ1) is 12.3. The zero-order valence-corrected chi connectivity index (χ0v) is 11.2. The van der Waals surface area contributed by atoms with Crippen LogP contribution in [-0.2, 0) is 16.6 Å². The van der Waals surface area contributed by atoms with Crippen molar-refractivity contribution in [3.8, 4) is 0 Å². The van der Waals surface area contributed by atoms with E-state index >= 15 is 0 Å². The van der Waals surface area contributed by atoms with Gasteiger partial charge in [-0.3, -0.25) is 4.68 Å². The molecule has 20 heavy (non-hydrogen) atoms. The number of aryl methyl sites for hydroxylation is 2. The van der Waals surface area contributed by atoms with Crippen LogP contribution in [0.3, 0.4) is 0 Å². The maximum Gasteiger partial charge on any atom is 0.363 e. The molecule has 5 heteroatoms. The average Bonchev–Trinajstić information content (AvgIpc) is 2.98. The first-order valence-electron chi connectivity index (χ1n) is 6.20. The topological polar surface area (TPSA) is 56.5 Å². The van der Waals surface area contributed by atoms with Gasteiger partial charge in [0.2, 0.25) is 5.90 Å². The SMILES string of the molecule is Cc1ccc(C2=N/C(=C/c3cnn(C)c3)C(=O)O2)cc1. The fraction of sp³-hybridized carbons (Fsp3) is 0.133. The van der Waals surface area contributed by atoms with Crippen molar-refractivity contribution in [2.45, 2.75) is 6.92 Å². The van der Waals surface area contributed by atoms with Gasteiger partial charge >= 0.3 is 5.97 Å². The fourth-order valence-electron chi connectivity index (χ4n) is 1.90. The molecule has 1 aromatic carbocycles. The van der Waals surface area contributed by atoms with Crippen LogP contribution in [0.1, 0.15) is 16.7 Å².